The third-order valence-electron chi connectivity index (χ3n) is 4.69. The van der Waals surface area contributed by atoms with Crippen molar-refractivity contribution in [1.29, 1.82) is 0 Å². The van der Waals surface area contributed by atoms with Crippen molar-refractivity contribution in [3.63, 3.8) is 0 Å². The molecule has 2 aromatic carbocycles. The van der Waals surface area contributed by atoms with E-state index in [1.807, 2.05) is 0 Å². The third kappa shape index (κ3) is 2.53. The summed E-state index contributed by atoms with van der Waals surface area (Å²) in [5, 5.41) is 30.8. The molecule has 0 aromatic heterocycles. The molecule has 10 nitrogen and oxygen atoms in total. The van der Waals surface area contributed by atoms with Gasteiger partial charge >= 0.3 is 11.9 Å². The number of aldehydes is 1. The summed E-state index contributed by atoms with van der Waals surface area (Å²) in [6.45, 7) is 1.22. The van der Waals surface area contributed by atoms with Crippen molar-refractivity contribution in [2.75, 3.05) is 7.11 Å². The van der Waals surface area contributed by atoms with Gasteiger partial charge in [-0.2, -0.15) is 0 Å². The van der Waals surface area contributed by atoms with Crippen LogP contribution in [0.4, 0.5) is 0 Å². The molecule has 0 spiro atoms. The molecule has 150 valence electrons. The van der Waals surface area contributed by atoms with Crippen molar-refractivity contribution in [3.05, 3.63) is 39.4 Å². The number of methoxy groups -OCH3 is 1. The normalized spacial score (nSPS) is 16.7. The smallest absolute Gasteiger partial charge is 0.347 e. The molecular weight excluding hydrogens is 388 g/mol. The average molecular weight is 402 g/mol. The van der Waals surface area contributed by atoms with Gasteiger partial charge < -0.3 is 34.3 Å². The van der Waals surface area contributed by atoms with Gasteiger partial charge in [0.15, 0.2) is 23.5 Å². The van der Waals surface area contributed by atoms with Crippen LogP contribution in [0.3, 0.4) is 0 Å². The van der Waals surface area contributed by atoms with Crippen molar-refractivity contribution in [1.82, 2.24) is 0 Å². The summed E-state index contributed by atoms with van der Waals surface area (Å²) in [5.41, 5.74) is -0.971. The lowest BCUT2D eigenvalue weighted by molar-refractivity contribution is -0.0555. The molecule has 1 unspecified atom stereocenters. The summed E-state index contributed by atoms with van der Waals surface area (Å²) >= 11 is 0. The summed E-state index contributed by atoms with van der Waals surface area (Å²) in [6.07, 6.45) is -1.52. The Hall–Kier alpha value is -3.63. The van der Waals surface area contributed by atoms with E-state index >= 15 is 0 Å². The fourth-order valence-corrected chi connectivity index (χ4v) is 3.41. The van der Waals surface area contributed by atoms with Crippen LogP contribution in [0.15, 0.2) is 6.07 Å². The van der Waals surface area contributed by atoms with Gasteiger partial charge in [-0.25, -0.2) is 9.59 Å². The van der Waals surface area contributed by atoms with Crippen molar-refractivity contribution in [2.45, 2.75) is 19.8 Å². The number of fused-ring (bicyclic) bond motifs is 4. The van der Waals surface area contributed by atoms with E-state index < -0.39 is 29.7 Å². The Morgan fingerprint density at radius 3 is 2.48 bits per heavy atom. The first-order valence-corrected chi connectivity index (χ1v) is 8.31. The number of aryl methyl sites for hydroxylation is 1. The minimum atomic E-state index is -1.81. The number of hydrogen-bond donors (Lipinski definition) is 3. The maximum absolute atomic E-state index is 12.8. The monoisotopic (exact) mass is 402 g/mol. The lowest BCUT2D eigenvalue weighted by Gasteiger charge is -2.17. The van der Waals surface area contributed by atoms with Gasteiger partial charge in [0.25, 0.3) is 0 Å². The van der Waals surface area contributed by atoms with Crippen LogP contribution in [-0.2, 0) is 16.1 Å². The molecule has 4 rings (SSSR count). The molecule has 0 radical (unpaired) electrons. The zero-order valence-corrected chi connectivity index (χ0v) is 15.1. The number of ether oxygens (including phenoxy) is 4. The maximum atomic E-state index is 12.8. The lowest BCUT2D eigenvalue weighted by Crippen LogP contribution is -2.11. The molecule has 0 aliphatic carbocycles. The van der Waals surface area contributed by atoms with Crippen LogP contribution in [0.1, 0.15) is 54.1 Å². The largest absolute Gasteiger partial charge is 0.507 e. The highest BCUT2D eigenvalue weighted by atomic mass is 16.6. The molecule has 29 heavy (non-hydrogen) atoms. The molecule has 0 amide bonds. The van der Waals surface area contributed by atoms with Crippen LogP contribution in [0.5, 0.6) is 28.7 Å². The second kappa shape index (κ2) is 6.47. The Balaban J connectivity index is 2.10. The number of aliphatic hydroxyl groups is 1. The molecule has 1 atom stereocenters. The molecule has 0 bridgehead atoms. The highest BCUT2D eigenvalue weighted by molar-refractivity contribution is 6.03. The number of phenols is 2. The minimum absolute atomic E-state index is 0.0945. The molecule has 2 heterocycles. The summed E-state index contributed by atoms with van der Waals surface area (Å²) in [4.78, 5) is 36.5. The van der Waals surface area contributed by atoms with Gasteiger partial charge in [-0.15, -0.1) is 0 Å². The molecule has 10 heteroatoms. The van der Waals surface area contributed by atoms with E-state index in [1.165, 1.54) is 20.1 Å². The van der Waals surface area contributed by atoms with Gasteiger partial charge in [0.05, 0.1) is 23.3 Å². The fourth-order valence-electron chi connectivity index (χ4n) is 3.41. The van der Waals surface area contributed by atoms with E-state index in [-0.39, 0.29) is 57.2 Å². The molecule has 3 N–H and O–H groups in total. The highest BCUT2D eigenvalue weighted by Crippen LogP contribution is 2.54. The van der Waals surface area contributed by atoms with E-state index in [1.54, 1.807) is 0 Å². The molecule has 2 aromatic rings. The zero-order valence-electron chi connectivity index (χ0n) is 15.1. The molecule has 2 aliphatic rings. The van der Waals surface area contributed by atoms with Crippen molar-refractivity contribution in [3.8, 4) is 28.7 Å². The number of benzene rings is 2. The zero-order chi connectivity index (χ0) is 21.0. The summed E-state index contributed by atoms with van der Waals surface area (Å²) in [6, 6.07) is 1.20. The van der Waals surface area contributed by atoms with Gasteiger partial charge in [0, 0.05) is 7.11 Å². The van der Waals surface area contributed by atoms with E-state index in [4.69, 9.17) is 18.9 Å². The standard InChI is InChI=1S/C19H14O10/c1-6-3-9(21)7(4-20)14-10(6)17(23)28-15-8(5-26-2)13(22)11-12(16(15)27-14)19(25)29-18(11)24/h3-4,19,21-22,25H,5H2,1-2H3. The predicted molar refractivity (Wildman–Crippen MR) is 92.5 cm³/mol. The second-order valence-electron chi connectivity index (χ2n) is 6.40. The van der Waals surface area contributed by atoms with Crippen molar-refractivity contribution < 1.29 is 48.7 Å². The molecular formula is C19H14O10. The number of carbonyl (C=O) groups is 3. The van der Waals surface area contributed by atoms with Gasteiger partial charge in [0.1, 0.15) is 22.6 Å². The Labute approximate surface area is 162 Å². The predicted octanol–water partition coefficient (Wildman–Crippen LogP) is 1.85. The van der Waals surface area contributed by atoms with Crippen LogP contribution in [-0.4, -0.2) is 40.7 Å². The lowest BCUT2D eigenvalue weighted by atomic mass is 10.0. The SMILES string of the molecule is COCc1c(O)c2c(c3c1OC(=O)c1c(C)cc(O)c(C=O)c1O3)C(O)OC2=O. The first-order chi connectivity index (χ1) is 13.8. The Morgan fingerprint density at radius 1 is 1.10 bits per heavy atom. The van der Waals surface area contributed by atoms with Crippen LogP contribution in [0.25, 0.3) is 0 Å². The third-order valence-corrected chi connectivity index (χ3v) is 4.69. The quantitative estimate of drug-likeness (QED) is 0.394. The van der Waals surface area contributed by atoms with Crippen LogP contribution in [0.2, 0.25) is 0 Å². The molecule has 0 saturated carbocycles. The number of hydrogen-bond acceptors (Lipinski definition) is 10. The number of phenolic OH excluding ortho intramolecular Hbond substituents is 2. The number of cyclic esters (lactones) is 1. The van der Waals surface area contributed by atoms with E-state index in [9.17, 15) is 29.7 Å². The fraction of sp³-hybridized carbons (Fsp3) is 0.211. The van der Waals surface area contributed by atoms with Gasteiger partial charge in [0.2, 0.25) is 6.29 Å². The molecule has 2 aliphatic heterocycles. The first kappa shape index (κ1) is 18.7. The molecule has 0 fully saturated rings. The second-order valence-corrected chi connectivity index (χ2v) is 6.40. The van der Waals surface area contributed by atoms with E-state index in [2.05, 4.69) is 0 Å². The van der Waals surface area contributed by atoms with Crippen molar-refractivity contribution >= 4 is 18.2 Å². The number of carbonyl (C=O) groups excluding carboxylic acids is 3. The topological polar surface area (TPSA) is 149 Å². The number of esters is 2. The van der Waals surface area contributed by atoms with E-state index in [0.717, 1.165) is 0 Å². The van der Waals surface area contributed by atoms with Crippen LogP contribution in [0, 0.1) is 6.92 Å². The highest BCUT2D eigenvalue weighted by Gasteiger charge is 2.43. The molecule has 0 saturated heterocycles. The maximum Gasteiger partial charge on any atom is 0.347 e. The summed E-state index contributed by atoms with van der Waals surface area (Å²) in [7, 11) is 1.31. The van der Waals surface area contributed by atoms with Crippen LogP contribution >= 0.6 is 0 Å². The summed E-state index contributed by atoms with van der Waals surface area (Å²) < 4.78 is 20.9. The Kier molecular flexibility index (Phi) is 4.17. The Morgan fingerprint density at radius 2 is 1.83 bits per heavy atom. The minimum Gasteiger partial charge on any atom is -0.507 e. The number of rotatable bonds is 3. The van der Waals surface area contributed by atoms with E-state index in [0.29, 0.717) is 6.29 Å². The first-order valence-electron chi connectivity index (χ1n) is 8.31. The van der Waals surface area contributed by atoms with Gasteiger partial charge in [-0.1, -0.05) is 0 Å². The van der Waals surface area contributed by atoms with Crippen molar-refractivity contribution in [2.24, 2.45) is 0 Å². The average Bonchev–Trinajstić information content (AvgIpc) is 2.85. The number of aliphatic hydroxyl groups excluding tert-OH is 1. The van der Waals surface area contributed by atoms with Gasteiger partial charge in [-0.3, -0.25) is 4.79 Å². The Bertz CT molecular complexity index is 1100. The van der Waals surface area contributed by atoms with Crippen LogP contribution < -0.4 is 9.47 Å². The van der Waals surface area contributed by atoms with Gasteiger partial charge in [-0.05, 0) is 18.6 Å². The summed E-state index contributed by atoms with van der Waals surface area (Å²) in [5.74, 6) is -3.93. The number of aromatic hydroxyl groups is 2.